The number of halogens is 1. The first-order valence-corrected chi connectivity index (χ1v) is 9.97. The van der Waals surface area contributed by atoms with E-state index in [2.05, 4.69) is 5.32 Å². The van der Waals surface area contributed by atoms with Crippen LogP contribution in [0, 0.1) is 11.7 Å². The first kappa shape index (κ1) is 18.5. The maximum Gasteiger partial charge on any atom is 0.224 e. The van der Waals surface area contributed by atoms with Crippen molar-refractivity contribution in [3.8, 4) is 0 Å². The van der Waals surface area contributed by atoms with Gasteiger partial charge in [-0.15, -0.1) is 0 Å². The van der Waals surface area contributed by atoms with Crippen LogP contribution in [-0.4, -0.2) is 28.7 Å². The minimum absolute atomic E-state index is 0.0464. The molecule has 1 aliphatic heterocycles. The lowest BCUT2D eigenvalue weighted by atomic mass is 9.84. The van der Waals surface area contributed by atoms with Gasteiger partial charge in [-0.1, -0.05) is 24.3 Å². The van der Waals surface area contributed by atoms with Gasteiger partial charge in [-0.05, 0) is 35.4 Å². The van der Waals surface area contributed by atoms with Gasteiger partial charge in [0.15, 0.2) is 0 Å². The van der Waals surface area contributed by atoms with Crippen molar-refractivity contribution >= 4 is 22.5 Å². The molecule has 0 spiro atoms. The van der Waals surface area contributed by atoms with Gasteiger partial charge in [-0.2, -0.15) is 0 Å². The molecule has 1 amide bonds. The van der Waals surface area contributed by atoms with Gasteiger partial charge in [-0.25, -0.2) is 4.39 Å². The van der Waals surface area contributed by atoms with E-state index < -0.39 is 16.7 Å². The Hall–Kier alpha value is -2.34. The Labute approximate surface area is 154 Å². The second kappa shape index (κ2) is 7.91. The van der Waals surface area contributed by atoms with Gasteiger partial charge in [-0.3, -0.25) is 13.8 Å². The van der Waals surface area contributed by atoms with Crippen LogP contribution in [0.4, 0.5) is 4.39 Å². The Morgan fingerprint density at radius 1 is 1.15 bits per heavy atom. The number of carbonyl (C=O) groups excluding carboxylic acids is 2. The number of rotatable bonds is 6. The molecule has 2 aromatic rings. The molecule has 1 fully saturated rings. The summed E-state index contributed by atoms with van der Waals surface area (Å²) in [6.45, 7) is 0.488. The molecule has 0 saturated carbocycles. The molecule has 0 aromatic heterocycles. The number of hydrogen-bond donors (Lipinski definition) is 1. The van der Waals surface area contributed by atoms with E-state index in [0.717, 1.165) is 16.0 Å². The molecule has 3 rings (SSSR count). The van der Waals surface area contributed by atoms with Crippen molar-refractivity contribution in [2.24, 2.45) is 5.92 Å². The van der Waals surface area contributed by atoms with E-state index >= 15 is 0 Å². The largest absolute Gasteiger partial charge is 0.355 e. The van der Waals surface area contributed by atoms with Gasteiger partial charge in [0.2, 0.25) is 5.91 Å². The Morgan fingerprint density at radius 3 is 2.42 bits per heavy atom. The van der Waals surface area contributed by atoms with Gasteiger partial charge >= 0.3 is 0 Å². The van der Waals surface area contributed by atoms with Crippen LogP contribution in [-0.2, 0) is 26.8 Å². The summed E-state index contributed by atoms with van der Waals surface area (Å²) in [5.74, 6) is -1.01. The molecule has 0 bridgehead atoms. The molecule has 1 saturated heterocycles. The van der Waals surface area contributed by atoms with Crippen LogP contribution in [0.25, 0.3) is 0 Å². The van der Waals surface area contributed by atoms with Crippen LogP contribution in [0.5, 0.6) is 0 Å². The molecule has 2 aromatic carbocycles. The van der Waals surface area contributed by atoms with Crippen molar-refractivity contribution in [1.29, 1.82) is 0 Å². The average Bonchev–Trinajstić information content (AvgIpc) is 2.97. The highest BCUT2D eigenvalue weighted by Gasteiger charge is 2.36. The fraction of sp³-hybridized carbons (Fsp3) is 0.300. The second-order valence-corrected chi connectivity index (χ2v) is 7.91. The fourth-order valence-corrected chi connectivity index (χ4v) is 3.83. The number of amides is 1. The van der Waals surface area contributed by atoms with E-state index in [0.29, 0.717) is 6.54 Å². The molecule has 0 aliphatic carbocycles. The van der Waals surface area contributed by atoms with E-state index in [9.17, 15) is 18.2 Å². The van der Waals surface area contributed by atoms with E-state index in [1.54, 1.807) is 30.5 Å². The summed E-state index contributed by atoms with van der Waals surface area (Å²) in [6.07, 6.45) is 1.95. The summed E-state index contributed by atoms with van der Waals surface area (Å²) < 4.78 is 24.5. The number of ketones is 1. The molecule has 2 unspecified atom stereocenters. The van der Waals surface area contributed by atoms with E-state index in [1.165, 1.54) is 12.1 Å². The standard InChI is InChI=1S/C20H20FNO3S/c1-26(25)17-8-4-14(5-9-17)19-12-22-20(24)18(19)11-16(23)10-13-2-6-15(21)7-3-13/h2-9,18-19H,10-12H2,1H3,(H,22,24)/t18?,19-,26?/m0/s1. The minimum atomic E-state index is -1.05. The van der Waals surface area contributed by atoms with Crippen molar-refractivity contribution in [3.05, 3.63) is 65.5 Å². The number of carbonyl (C=O) groups is 2. The molecule has 1 heterocycles. The maximum atomic E-state index is 13.0. The molecule has 26 heavy (non-hydrogen) atoms. The second-order valence-electron chi connectivity index (χ2n) is 6.53. The highest BCUT2D eigenvalue weighted by Crippen LogP contribution is 2.32. The van der Waals surface area contributed by atoms with E-state index in [4.69, 9.17) is 0 Å². The maximum absolute atomic E-state index is 13.0. The van der Waals surface area contributed by atoms with E-state index in [-0.39, 0.29) is 36.3 Å². The van der Waals surface area contributed by atoms with Crippen LogP contribution >= 0.6 is 0 Å². The van der Waals surface area contributed by atoms with Crippen LogP contribution in [0.3, 0.4) is 0 Å². The summed E-state index contributed by atoms with van der Waals surface area (Å²) >= 11 is 0. The zero-order chi connectivity index (χ0) is 18.7. The summed E-state index contributed by atoms with van der Waals surface area (Å²) in [5.41, 5.74) is 1.69. The highest BCUT2D eigenvalue weighted by molar-refractivity contribution is 7.84. The first-order valence-electron chi connectivity index (χ1n) is 8.41. The van der Waals surface area contributed by atoms with Gasteiger partial charge in [0.1, 0.15) is 11.6 Å². The Morgan fingerprint density at radius 2 is 1.81 bits per heavy atom. The molecule has 6 heteroatoms. The highest BCUT2D eigenvalue weighted by atomic mass is 32.2. The summed E-state index contributed by atoms with van der Waals surface area (Å²) in [5, 5.41) is 2.83. The van der Waals surface area contributed by atoms with Gasteiger partial charge in [0, 0.05) is 47.3 Å². The van der Waals surface area contributed by atoms with Crippen molar-refractivity contribution in [3.63, 3.8) is 0 Å². The summed E-state index contributed by atoms with van der Waals surface area (Å²) in [4.78, 5) is 25.3. The fourth-order valence-electron chi connectivity index (χ4n) is 3.31. The summed E-state index contributed by atoms with van der Waals surface area (Å²) in [6, 6.07) is 13.2. The zero-order valence-electron chi connectivity index (χ0n) is 14.4. The van der Waals surface area contributed by atoms with E-state index in [1.807, 2.05) is 12.1 Å². The monoisotopic (exact) mass is 373 g/mol. The van der Waals surface area contributed by atoms with Crippen molar-refractivity contribution in [2.75, 3.05) is 12.8 Å². The number of hydrogen-bond acceptors (Lipinski definition) is 3. The number of Topliss-reactive ketones (excluding diaryl/α,β-unsaturated/α-hetero) is 1. The zero-order valence-corrected chi connectivity index (χ0v) is 15.2. The molecule has 4 nitrogen and oxygen atoms in total. The molecule has 1 N–H and O–H groups in total. The molecule has 136 valence electrons. The van der Waals surface area contributed by atoms with Crippen LogP contribution < -0.4 is 5.32 Å². The predicted molar refractivity (Wildman–Crippen MR) is 97.7 cm³/mol. The first-order chi connectivity index (χ1) is 12.4. The lowest BCUT2D eigenvalue weighted by Gasteiger charge is -2.17. The quantitative estimate of drug-likeness (QED) is 0.847. The van der Waals surface area contributed by atoms with Gasteiger partial charge in [0.25, 0.3) is 0 Å². The van der Waals surface area contributed by atoms with Crippen molar-refractivity contribution in [1.82, 2.24) is 5.32 Å². The number of nitrogens with one attached hydrogen (secondary N) is 1. The minimum Gasteiger partial charge on any atom is -0.355 e. The molecular weight excluding hydrogens is 353 g/mol. The van der Waals surface area contributed by atoms with Crippen molar-refractivity contribution in [2.45, 2.75) is 23.7 Å². The van der Waals surface area contributed by atoms with Gasteiger partial charge in [0.05, 0.1) is 5.92 Å². The SMILES string of the molecule is CS(=O)c1ccc([C@@H]2CNC(=O)C2CC(=O)Cc2ccc(F)cc2)cc1. The third-order valence-corrected chi connectivity index (χ3v) is 5.66. The Bertz CT molecular complexity index is 833. The van der Waals surface area contributed by atoms with Crippen molar-refractivity contribution < 1.29 is 18.2 Å². The summed E-state index contributed by atoms with van der Waals surface area (Å²) in [7, 11) is -1.05. The van der Waals surface area contributed by atoms with Gasteiger partial charge < -0.3 is 5.32 Å². The Kier molecular flexibility index (Phi) is 5.61. The molecule has 3 atom stereocenters. The van der Waals surface area contributed by atoms with Crippen LogP contribution in [0.15, 0.2) is 53.4 Å². The normalized spacial score (nSPS) is 20.6. The third kappa shape index (κ3) is 4.25. The smallest absolute Gasteiger partial charge is 0.224 e. The lowest BCUT2D eigenvalue weighted by Crippen LogP contribution is -2.23. The lowest BCUT2D eigenvalue weighted by molar-refractivity contribution is -0.127. The molecular formula is C20H20FNO3S. The average molecular weight is 373 g/mol. The number of benzene rings is 2. The Balaban J connectivity index is 1.70. The molecule has 1 aliphatic rings. The molecule has 0 radical (unpaired) electrons. The van der Waals surface area contributed by atoms with Crippen LogP contribution in [0.2, 0.25) is 0 Å². The van der Waals surface area contributed by atoms with Crippen LogP contribution in [0.1, 0.15) is 23.5 Å². The third-order valence-electron chi connectivity index (χ3n) is 4.72. The topological polar surface area (TPSA) is 63.2 Å². The predicted octanol–water partition coefficient (Wildman–Crippen LogP) is 2.59.